The standard InChI is InChI=1S/C14H21FN2OS/c1-3-18-9-5-8-16-14(19)17-11(2)12-6-4-7-13(15)10-12/h4,6-7,10-11H,3,5,8-9H2,1-2H3,(H2,16,17,19). The zero-order valence-electron chi connectivity index (χ0n) is 11.4. The molecule has 0 amide bonds. The molecule has 1 unspecified atom stereocenters. The van der Waals surface area contributed by atoms with Crippen molar-refractivity contribution in [2.24, 2.45) is 0 Å². The van der Waals surface area contributed by atoms with Gasteiger partial charge in [0.15, 0.2) is 5.11 Å². The van der Waals surface area contributed by atoms with Gasteiger partial charge in [-0.1, -0.05) is 12.1 Å². The molecule has 0 radical (unpaired) electrons. The van der Waals surface area contributed by atoms with Gasteiger partial charge in [-0.05, 0) is 50.2 Å². The Bertz CT molecular complexity index is 401. The number of nitrogens with one attached hydrogen (secondary N) is 2. The minimum Gasteiger partial charge on any atom is -0.382 e. The number of rotatable bonds is 7. The molecule has 1 aromatic rings. The second-order valence-electron chi connectivity index (χ2n) is 4.23. The zero-order valence-corrected chi connectivity index (χ0v) is 12.2. The van der Waals surface area contributed by atoms with E-state index in [0.29, 0.717) is 5.11 Å². The van der Waals surface area contributed by atoms with E-state index in [-0.39, 0.29) is 11.9 Å². The molecule has 0 aliphatic heterocycles. The fourth-order valence-corrected chi connectivity index (χ4v) is 1.91. The molecule has 0 aromatic heterocycles. The van der Waals surface area contributed by atoms with E-state index in [4.69, 9.17) is 17.0 Å². The Morgan fingerprint density at radius 3 is 2.95 bits per heavy atom. The van der Waals surface area contributed by atoms with E-state index in [0.717, 1.165) is 31.7 Å². The van der Waals surface area contributed by atoms with Crippen molar-refractivity contribution in [3.8, 4) is 0 Å². The molecule has 0 heterocycles. The summed E-state index contributed by atoms with van der Waals surface area (Å²) in [5, 5.41) is 6.81. The Morgan fingerprint density at radius 2 is 2.26 bits per heavy atom. The van der Waals surface area contributed by atoms with E-state index in [2.05, 4.69) is 10.6 Å². The van der Waals surface area contributed by atoms with Crippen LogP contribution in [-0.4, -0.2) is 24.9 Å². The molecular formula is C14H21FN2OS. The highest BCUT2D eigenvalue weighted by atomic mass is 32.1. The monoisotopic (exact) mass is 284 g/mol. The second kappa shape index (κ2) is 8.82. The van der Waals surface area contributed by atoms with Gasteiger partial charge in [0.2, 0.25) is 0 Å². The zero-order chi connectivity index (χ0) is 14.1. The summed E-state index contributed by atoms with van der Waals surface area (Å²) in [4.78, 5) is 0. The number of hydrogen-bond donors (Lipinski definition) is 2. The highest BCUT2D eigenvalue weighted by Crippen LogP contribution is 2.12. The van der Waals surface area contributed by atoms with Crippen molar-refractivity contribution in [2.75, 3.05) is 19.8 Å². The molecule has 0 spiro atoms. The van der Waals surface area contributed by atoms with Crippen molar-refractivity contribution in [3.63, 3.8) is 0 Å². The van der Waals surface area contributed by atoms with Gasteiger partial charge in [-0.25, -0.2) is 4.39 Å². The van der Waals surface area contributed by atoms with E-state index in [1.165, 1.54) is 12.1 Å². The summed E-state index contributed by atoms with van der Waals surface area (Å²) >= 11 is 5.18. The third-order valence-corrected chi connectivity index (χ3v) is 2.91. The first-order valence-corrected chi connectivity index (χ1v) is 6.92. The lowest BCUT2D eigenvalue weighted by molar-refractivity contribution is 0.145. The highest BCUT2D eigenvalue weighted by molar-refractivity contribution is 7.80. The molecule has 106 valence electrons. The average molecular weight is 284 g/mol. The number of halogens is 1. The molecule has 19 heavy (non-hydrogen) atoms. The van der Waals surface area contributed by atoms with Crippen LogP contribution in [0.25, 0.3) is 0 Å². The van der Waals surface area contributed by atoms with Crippen LogP contribution in [-0.2, 0) is 4.74 Å². The second-order valence-corrected chi connectivity index (χ2v) is 4.64. The first-order valence-electron chi connectivity index (χ1n) is 6.51. The number of ether oxygens (including phenoxy) is 1. The van der Waals surface area contributed by atoms with Gasteiger partial charge in [-0.3, -0.25) is 0 Å². The first-order chi connectivity index (χ1) is 9.13. The van der Waals surface area contributed by atoms with Gasteiger partial charge in [-0.15, -0.1) is 0 Å². The summed E-state index contributed by atoms with van der Waals surface area (Å²) in [5.74, 6) is -0.234. The summed E-state index contributed by atoms with van der Waals surface area (Å²) < 4.78 is 18.3. The van der Waals surface area contributed by atoms with Crippen LogP contribution in [0.5, 0.6) is 0 Å². The fourth-order valence-electron chi connectivity index (χ4n) is 1.63. The number of hydrogen-bond acceptors (Lipinski definition) is 2. The molecule has 0 fully saturated rings. The van der Waals surface area contributed by atoms with Crippen molar-refractivity contribution < 1.29 is 9.13 Å². The van der Waals surface area contributed by atoms with Gasteiger partial charge in [-0.2, -0.15) is 0 Å². The summed E-state index contributed by atoms with van der Waals surface area (Å²) in [6.45, 7) is 6.15. The summed E-state index contributed by atoms with van der Waals surface area (Å²) in [5.41, 5.74) is 0.874. The van der Waals surface area contributed by atoms with Crippen LogP contribution in [0.1, 0.15) is 31.9 Å². The third kappa shape index (κ3) is 6.50. The minimum atomic E-state index is -0.234. The van der Waals surface area contributed by atoms with Crippen LogP contribution >= 0.6 is 12.2 Å². The van der Waals surface area contributed by atoms with E-state index in [1.54, 1.807) is 6.07 Å². The molecule has 0 saturated carbocycles. The molecule has 1 aromatic carbocycles. The predicted octanol–water partition coefficient (Wildman–Crippen LogP) is 2.78. The third-order valence-electron chi connectivity index (χ3n) is 2.65. The Hall–Kier alpha value is -1.20. The minimum absolute atomic E-state index is 0.0254. The Kier molecular flexibility index (Phi) is 7.36. The molecule has 3 nitrogen and oxygen atoms in total. The molecule has 0 bridgehead atoms. The van der Waals surface area contributed by atoms with Crippen LogP contribution in [0, 0.1) is 5.82 Å². The van der Waals surface area contributed by atoms with Gasteiger partial charge < -0.3 is 15.4 Å². The SMILES string of the molecule is CCOCCCNC(=S)NC(C)c1cccc(F)c1. The largest absolute Gasteiger partial charge is 0.382 e. The van der Waals surface area contributed by atoms with Crippen molar-refractivity contribution >= 4 is 17.3 Å². The maximum absolute atomic E-state index is 13.1. The molecule has 0 aliphatic rings. The van der Waals surface area contributed by atoms with Gasteiger partial charge >= 0.3 is 0 Å². The number of benzene rings is 1. The first kappa shape index (κ1) is 15.9. The molecule has 5 heteroatoms. The molecule has 1 atom stereocenters. The quantitative estimate of drug-likeness (QED) is 0.596. The predicted molar refractivity (Wildman–Crippen MR) is 79.7 cm³/mol. The van der Waals surface area contributed by atoms with Crippen molar-refractivity contribution in [3.05, 3.63) is 35.6 Å². The van der Waals surface area contributed by atoms with Crippen LogP contribution in [0.15, 0.2) is 24.3 Å². The van der Waals surface area contributed by atoms with Crippen molar-refractivity contribution in [1.82, 2.24) is 10.6 Å². The van der Waals surface area contributed by atoms with E-state index in [9.17, 15) is 4.39 Å². The van der Waals surface area contributed by atoms with E-state index < -0.39 is 0 Å². The highest BCUT2D eigenvalue weighted by Gasteiger charge is 2.07. The molecule has 0 aliphatic carbocycles. The van der Waals surface area contributed by atoms with Gasteiger partial charge in [0.1, 0.15) is 5.82 Å². The average Bonchev–Trinajstić information content (AvgIpc) is 2.38. The number of thiocarbonyl (C=S) groups is 1. The Balaban J connectivity index is 2.28. The normalized spacial score (nSPS) is 11.9. The van der Waals surface area contributed by atoms with Crippen molar-refractivity contribution in [1.29, 1.82) is 0 Å². The smallest absolute Gasteiger partial charge is 0.166 e. The van der Waals surface area contributed by atoms with Gasteiger partial charge in [0.05, 0.1) is 6.04 Å². The lowest BCUT2D eigenvalue weighted by Crippen LogP contribution is -2.37. The topological polar surface area (TPSA) is 33.3 Å². The van der Waals surface area contributed by atoms with Crippen LogP contribution < -0.4 is 10.6 Å². The van der Waals surface area contributed by atoms with Crippen LogP contribution in [0.2, 0.25) is 0 Å². The van der Waals surface area contributed by atoms with Crippen LogP contribution in [0.3, 0.4) is 0 Å². The lowest BCUT2D eigenvalue weighted by atomic mass is 10.1. The fraction of sp³-hybridized carbons (Fsp3) is 0.500. The maximum Gasteiger partial charge on any atom is 0.166 e. The van der Waals surface area contributed by atoms with Gasteiger partial charge in [0.25, 0.3) is 0 Å². The summed E-state index contributed by atoms with van der Waals surface area (Å²) in [7, 11) is 0. The van der Waals surface area contributed by atoms with E-state index >= 15 is 0 Å². The van der Waals surface area contributed by atoms with E-state index in [1.807, 2.05) is 19.9 Å². The Labute approximate surface area is 119 Å². The molecular weight excluding hydrogens is 263 g/mol. The lowest BCUT2D eigenvalue weighted by Gasteiger charge is -2.17. The Morgan fingerprint density at radius 1 is 1.47 bits per heavy atom. The molecule has 1 rings (SSSR count). The molecule has 2 N–H and O–H groups in total. The summed E-state index contributed by atoms with van der Waals surface area (Å²) in [6.07, 6.45) is 0.907. The van der Waals surface area contributed by atoms with Gasteiger partial charge in [0, 0.05) is 19.8 Å². The van der Waals surface area contributed by atoms with Crippen molar-refractivity contribution in [2.45, 2.75) is 26.3 Å². The maximum atomic E-state index is 13.1. The molecule has 0 saturated heterocycles. The van der Waals surface area contributed by atoms with Crippen LogP contribution in [0.4, 0.5) is 4.39 Å². The summed E-state index contributed by atoms with van der Waals surface area (Å²) in [6, 6.07) is 6.48.